The minimum atomic E-state index is -0.946. The van der Waals surface area contributed by atoms with Gasteiger partial charge in [-0.3, -0.25) is 0 Å². The monoisotopic (exact) mass is 314 g/mol. The molecule has 0 aliphatic carbocycles. The highest BCUT2D eigenvalue weighted by molar-refractivity contribution is 5.74. The zero-order valence-electron chi connectivity index (χ0n) is 15.1. The van der Waals surface area contributed by atoms with Crippen LogP contribution < -0.4 is 0 Å². The number of carbonyl (C=O) groups is 1. The number of rotatable bonds is 15. The van der Waals surface area contributed by atoms with Gasteiger partial charge in [-0.25, -0.2) is 4.79 Å². The number of aliphatic hydroxyl groups is 1. The van der Waals surface area contributed by atoms with Crippen LogP contribution in [0.1, 0.15) is 97.8 Å². The first-order chi connectivity index (χ1) is 10.7. The van der Waals surface area contributed by atoms with Crippen LogP contribution in [0.2, 0.25) is 0 Å². The molecule has 1 unspecified atom stereocenters. The van der Waals surface area contributed by atoms with Crippen molar-refractivity contribution in [2.24, 2.45) is 5.92 Å². The molecule has 0 heterocycles. The minimum absolute atomic E-state index is 0.0280. The molecular weight excluding hydrogens is 276 g/mol. The molecular formula is C19H38O3. The van der Waals surface area contributed by atoms with Gasteiger partial charge in [-0.1, -0.05) is 91.4 Å². The molecule has 0 amide bonds. The smallest absolute Gasteiger partial charge is 0.335 e. The highest BCUT2D eigenvalue weighted by Gasteiger charge is 2.24. The van der Waals surface area contributed by atoms with Crippen LogP contribution in [0.5, 0.6) is 0 Å². The molecule has 0 radical (unpaired) electrons. The summed E-state index contributed by atoms with van der Waals surface area (Å²) in [5, 5.41) is 9.86. The van der Waals surface area contributed by atoms with Crippen molar-refractivity contribution in [3.63, 3.8) is 0 Å². The van der Waals surface area contributed by atoms with E-state index in [2.05, 4.69) is 6.92 Å². The molecule has 22 heavy (non-hydrogen) atoms. The predicted octanol–water partition coefficient (Wildman–Crippen LogP) is 5.25. The van der Waals surface area contributed by atoms with Crippen LogP contribution >= 0.6 is 0 Å². The summed E-state index contributed by atoms with van der Waals surface area (Å²) in [6, 6.07) is 0. The van der Waals surface area contributed by atoms with E-state index in [1.807, 2.05) is 13.8 Å². The fraction of sp³-hybridized carbons (Fsp3) is 0.947. The summed E-state index contributed by atoms with van der Waals surface area (Å²) in [7, 11) is 0. The second-order valence-corrected chi connectivity index (χ2v) is 6.37. The fourth-order valence-electron chi connectivity index (χ4n) is 2.78. The van der Waals surface area contributed by atoms with E-state index in [1.54, 1.807) is 0 Å². The Hall–Kier alpha value is -0.570. The van der Waals surface area contributed by atoms with Gasteiger partial charge in [0.15, 0.2) is 6.10 Å². The van der Waals surface area contributed by atoms with Gasteiger partial charge in [0.05, 0.1) is 6.61 Å². The Labute approximate surface area is 137 Å². The van der Waals surface area contributed by atoms with Gasteiger partial charge >= 0.3 is 5.97 Å². The molecule has 0 aromatic carbocycles. The number of unbranched alkanes of at least 4 members (excludes halogenated alkanes) is 9. The Kier molecular flexibility index (Phi) is 14.9. The molecule has 0 saturated carbocycles. The molecule has 0 spiro atoms. The second-order valence-electron chi connectivity index (χ2n) is 6.37. The molecule has 0 fully saturated rings. The summed E-state index contributed by atoms with van der Waals surface area (Å²) in [6.07, 6.45) is 13.3. The van der Waals surface area contributed by atoms with E-state index in [0.717, 1.165) is 25.7 Å². The third kappa shape index (κ3) is 11.1. The van der Waals surface area contributed by atoms with Crippen LogP contribution in [0.3, 0.4) is 0 Å². The van der Waals surface area contributed by atoms with Crippen LogP contribution in [-0.4, -0.2) is 23.8 Å². The van der Waals surface area contributed by atoms with Crippen molar-refractivity contribution in [2.75, 3.05) is 6.61 Å². The van der Waals surface area contributed by atoms with E-state index in [1.165, 1.54) is 51.4 Å². The Balaban J connectivity index is 3.40. The quantitative estimate of drug-likeness (QED) is 0.332. The lowest BCUT2D eigenvalue weighted by Crippen LogP contribution is -2.31. The first-order valence-corrected chi connectivity index (χ1v) is 9.51. The third-order valence-electron chi connectivity index (χ3n) is 4.48. The molecule has 1 N–H and O–H groups in total. The summed E-state index contributed by atoms with van der Waals surface area (Å²) < 4.78 is 5.17. The van der Waals surface area contributed by atoms with Crippen molar-refractivity contribution < 1.29 is 14.6 Å². The van der Waals surface area contributed by atoms with Gasteiger partial charge in [-0.05, 0) is 12.3 Å². The Bertz CT molecular complexity index is 249. The van der Waals surface area contributed by atoms with Crippen molar-refractivity contribution >= 4 is 5.97 Å². The fourth-order valence-corrected chi connectivity index (χ4v) is 2.78. The van der Waals surface area contributed by atoms with Crippen molar-refractivity contribution in [1.82, 2.24) is 0 Å². The summed E-state index contributed by atoms with van der Waals surface area (Å²) in [4.78, 5) is 11.7. The van der Waals surface area contributed by atoms with E-state index in [-0.39, 0.29) is 5.92 Å². The summed E-state index contributed by atoms with van der Waals surface area (Å²) in [6.45, 7) is 6.68. The molecule has 0 aliphatic rings. The lowest BCUT2D eigenvalue weighted by Gasteiger charge is -2.18. The number of aliphatic hydroxyl groups excluding tert-OH is 1. The third-order valence-corrected chi connectivity index (χ3v) is 4.48. The first-order valence-electron chi connectivity index (χ1n) is 9.51. The van der Waals surface area contributed by atoms with Crippen LogP contribution in [0.4, 0.5) is 0 Å². The average molecular weight is 315 g/mol. The number of hydrogen-bond donors (Lipinski definition) is 1. The second kappa shape index (κ2) is 15.3. The number of ether oxygens (including phenoxy) is 1. The number of hydrogen-bond acceptors (Lipinski definition) is 3. The first kappa shape index (κ1) is 21.4. The van der Waals surface area contributed by atoms with Gasteiger partial charge < -0.3 is 9.84 Å². The van der Waals surface area contributed by atoms with E-state index in [4.69, 9.17) is 4.74 Å². The SMILES string of the molecule is CCCCCCCCCCCCOC(=O)C(O)C(CC)CC. The van der Waals surface area contributed by atoms with E-state index in [0.29, 0.717) is 6.61 Å². The minimum Gasteiger partial charge on any atom is -0.464 e. The normalized spacial score (nSPS) is 12.6. The van der Waals surface area contributed by atoms with Gasteiger partial charge in [0.25, 0.3) is 0 Å². The topological polar surface area (TPSA) is 46.5 Å². The Morgan fingerprint density at radius 2 is 1.27 bits per heavy atom. The van der Waals surface area contributed by atoms with Crippen molar-refractivity contribution in [3.05, 3.63) is 0 Å². The lowest BCUT2D eigenvalue weighted by molar-refractivity contribution is -0.156. The zero-order chi connectivity index (χ0) is 16.6. The van der Waals surface area contributed by atoms with Crippen molar-refractivity contribution in [2.45, 2.75) is 104 Å². The number of esters is 1. The Morgan fingerprint density at radius 3 is 1.73 bits per heavy atom. The van der Waals surface area contributed by atoms with E-state index < -0.39 is 12.1 Å². The van der Waals surface area contributed by atoms with E-state index >= 15 is 0 Å². The summed E-state index contributed by atoms with van der Waals surface area (Å²) >= 11 is 0. The molecule has 0 aromatic heterocycles. The molecule has 1 atom stereocenters. The molecule has 0 saturated heterocycles. The van der Waals surface area contributed by atoms with Crippen LogP contribution in [0.25, 0.3) is 0 Å². The van der Waals surface area contributed by atoms with Gasteiger partial charge in [0.2, 0.25) is 0 Å². The maximum atomic E-state index is 11.7. The van der Waals surface area contributed by atoms with Crippen molar-refractivity contribution in [3.8, 4) is 0 Å². The molecule has 0 rings (SSSR count). The number of carbonyl (C=O) groups excluding carboxylic acids is 1. The summed E-state index contributed by atoms with van der Waals surface area (Å²) in [5.74, 6) is -0.412. The lowest BCUT2D eigenvalue weighted by atomic mass is 9.97. The highest BCUT2D eigenvalue weighted by Crippen LogP contribution is 2.15. The largest absolute Gasteiger partial charge is 0.464 e. The molecule has 0 aromatic rings. The predicted molar refractivity (Wildman–Crippen MR) is 92.9 cm³/mol. The van der Waals surface area contributed by atoms with Gasteiger partial charge in [0, 0.05) is 0 Å². The summed E-state index contributed by atoms with van der Waals surface area (Å²) in [5.41, 5.74) is 0. The van der Waals surface area contributed by atoms with Crippen LogP contribution in [0.15, 0.2) is 0 Å². The van der Waals surface area contributed by atoms with E-state index in [9.17, 15) is 9.90 Å². The van der Waals surface area contributed by atoms with Gasteiger partial charge in [-0.2, -0.15) is 0 Å². The standard InChI is InChI=1S/C19H38O3/c1-4-7-8-9-10-11-12-13-14-15-16-22-19(21)18(20)17(5-2)6-3/h17-18,20H,4-16H2,1-3H3. The Morgan fingerprint density at radius 1 is 0.818 bits per heavy atom. The van der Waals surface area contributed by atoms with Crippen LogP contribution in [-0.2, 0) is 9.53 Å². The van der Waals surface area contributed by atoms with Crippen LogP contribution in [0, 0.1) is 5.92 Å². The molecule has 0 bridgehead atoms. The maximum Gasteiger partial charge on any atom is 0.335 e. The molecule has 132 valence electrons. The molecule has 3 nitrogen and oxygen atoms in total. The average Bonchev–Trinajstić information content (AvgIpc) is 2.53. The van der Waals surface area contributed by atoms with Crippen molar-refractivity contribution in [1.29, 1.82) is 0 Å². The molecule has 3 heteroatoms. The highest BCUT2D eigenvalue weighted by atomic mass is 16.5. The van der Waals surface area contributed by atoms with Gasteiger partial charge in [-0.15, -0.1) is 0 Å². The maximum absolute atomic E-state index is 11.7. The zero-order valence-corrected chi connectivity index (χ0v) is 15.1. The van der Waals surface area contributed by atoms with Gasteiger partial charge in [0.1, 0.15) is 0 Å². The molecule has 0 aliphatic heterocycles.